The molecule has 2 atom stereocenters. The number of benzene rings is 1. The van der Waals surface area contributed by atoms with Gasteiger partial charge in [-0.15, -0.1) is 0 Å². The van der Waals surface area contributed by atoms with Gasteiger partial charge in [0.2, 0.25) is 5.88 Å². The Morgan fingerprint density at radius 2 is 1.97 bits per heavy atom. The molecule has 0 bridgehead atoms. The minimum Gasteiger partial charge on any atom is -0.477 e. The van der Waals surface area contributed by atoms with Gasteiger partial charge < -0.3 is 19.1 Å². The summed E-state index contributed by atoms with van der Waals surface area (Å²) in [6, 6.07) is 14.7. The Morgan fingerprint density at radius 1 is 1.06 bits per heavy atom. The Kier molecular flexibility index (Phi) is 5.78. The summed E-state index contributed by atoms with van der Waals surface area (Å²) in [5, 5.41) is 5.47. The Morgan fingerprint density at radius 3 is 2.87 bits per heavy atom. The molecule has 2 saturated heterocycles. The number of para-hydroxylation sites is 1. The standard InChI is InChI=1S/C24H31N5O2/c1-27(2)15-19-6-5-9-23(25-19)30-17-18-10-11-20-16-29(13-12-28(20)14-18)24-21-7-3-4-8-22(21)31-26-24/h3-9,18,20H,10-17H2,1-2H3/t18-,20-/m1/s1. The molecule has 1 aromatic carbocycles. The van der Waals surface area contributed by atoms with Crippen LogP contribution in [0.25, 0.3) is 11.0 Å². The number of pyridine rings is 1. The van der Waals surface area contributed by atoms with Crippen molar-refractivity contribution < 1.29 is 9.26 Å². The summed E-state index contributed by atoms with van der Waals surface area (Å²) in [4.78, 5) is 11.8. The summed E-state index contributed by atoms with van der Waals surface area (Å²) in [6.45, 7) is 5.70. The van der Waals surface area contributed by atoms with E-state index in [0.29, 0.717) is 12.0 Å². The van der Waals surface area contributed by atoms with Crippen molar-refractivity contribution in [2.24, 2.45) is 5.92 Å². The number of piperazine rings is 1. The molecule has 2 aromatic heterocycles. The zero-order chi connectivity index (χ0) is 21.2. The minimum atomic E-state index is 0.551. The molecular weight excluding hydrogens is 390 g/mol. The van der Waals surface area contributed by atoms with Gasteiger partial charge in [0, 0.05) is 50.7 Å². The predicted molar refractivity (Wildman–Crippen MR) is 121 cm³/mol. The second kappa shape index (κ2) is 8.85. The monoisotopic (exact) mass is 421 g/mol. The molecule has 0 aliphatic carbocycles. The number of rotatable bonds is 6. The highest BCUT2D eigenvalue weighted by molar-refractivity contribution is 5.88. The number of hydrogen-bond donors (Lipinski definition) is 0. The first kappa shape index (κ1) is 20.3. The summed E-state index contributed by atoms with van der Waals surface area (Å²) in [5.74, 6) is 2.28. The van der Waals surface area contributed by atoms with E-state index in [1.54, 1.807) is 0 Å². The van der Waals surface area contributed by atoms with Crippen molar-refractivity contribution >= 4 is 16.8 Å². The molecule has 0 amide bonds. The number of anilines is 1. The lowest BCUT2D eigenvalue weighted by Gasteiger charge is -2.46. The van der Waals surface area contributed by atoms with Gasteiger partial charge in [-0.25, -0.2) is 4.98 Å². The molecule has 2 fully saturated rings. The maximum Gasteiger partial charge on any atom is 0.213 e. The maximum atomic E-state index is 6.09. The van der Waals surface area contributed by atoms with Crippen LogP contribution in [0.1, 0.15) is 18.5 Å². The van der Waals surface area contributed by atoms with Gasteiger partial charge in [0.25, 0.3) is 0 Å². The van der Waals surface area contributed by atoms with Crippen LogP contribution in [0.4, 0.5) is 5.82 Å². The fraction of sp³-hybridized carbons (Fsp3) is 0.500. The molecule has 2 aliphatic heterocycles. The predicted octanol–water partition coefficient (Wildman–Crippen LogP) is 3.26. The van der Waals surface area contributed by atoms with E-state index in [1.165, 1.54) is 12.8 Å². The summed E-state index contributed by atoms with van der Waals surface area (Å²) in [7, 11) is 4.11. The molecule has 0 radical (unpaired) electrons. The van der Waals surface area contributed by atoms with Crippen LogP contribution in [0.15, 0.2) is 47.0 Å². The van der Waals surface area contributed by atoms with E-state index >= 15 is 0 Å². The van der Waals surface area contributed by atoms with Crippen LogP contribution in [0, 0.1) is 5.92 Å². The number of piperidine rings is 1. The van der Waals surface area contributed by atoms with Crippen LogP contribution in [0.5, 0.6) is 5.88 Å². The van der Waals surface area contributed by atoms with Crippen LogP contribution in [0.3, 0.4) is 0 Å². The zero-order valence-electron chi connectivity index (χ0n) is 18.4. The molecule has 31 heavy (non-hydrogen) atoms. The largest absolute Gasteiger partial charge is 0.477 e. The summed E-state index contributed by atoms with van der Waals surface area (Å²) >= 11 is 0. The highest BCUT2D eigenvalue weighted by Gasteiger charge is 2.34. The first-order chi connectivity index (χ1) is 15.2. The van der Waals surface area contributed by atoms with Crippen molar-refractivity contribution in [3.8, 4) is 5.88 Å². The SMILES string of the molecule is CN(C)Cc1cccc(OC[C@@H]2CC[C@@H]3CN(c4noc5ccccc45)CCN3C2)n1. The molecule has 0 N–H and O–H groups in total. The molecule has 7 heteroatoms. The molecule has 2 aliphatic rings. The molecule has 0 unspecified atom stereocenters. The van der Waals surface area contributed by atoms with Crippen molar-refractivity contribution in [2.75, 3.05) is 51.8 Å². The molecule has 0 saturated carbocycles. The highest BCUT2D eigenvalue weighted by Crippen LogP contribution is 2.31. The summed E-state index contributed by atoms with van der Waals surface area (Å²) < 4.78 is 11.6. The Bertz CT molecular complexity index is 1020. The van der Waals surface area contributed by atoms with Crippen molar-refractivity contribution in [3.63, 3.8) is 0 Å². The van der Waals surface area contributed by atoms with E-state index in [-0.39, 0.29) is 0 Å². The molecule has 0 spiro atoms. The van der Waals surface area contributed by atoms with Crippen LogP contribution in [-0.2, 0) is 6.54 Å². The molecule has 3 aromatic rings. The Hall–Kier alpha value is -2.64. The number of hydrogen-bond acceptors (Lipinski definition) is 7. The van der Waals surface area contributed by atoms with Gasteiger partial charge in [-0.3, -0.25) is 4.90 Å². The normalized spacial score (nSPS) is 22.1. The second-order valence-corrected chi connectivity index (χ2v) is 9.06. The van der Waals surface area contributed by atoms with Crippen LogP contribution in [-0.4, -0.2) is 72.9 Å². The van der Waals surface area contributed by atoms with Crippen LogP contribution < -0.4 is 9.64 Å². The number of aromatic nitrogens is 2. The van der Waals surface area contributed by atoms with Gasteiger partial charge in [-0.05, 0) is 45.1 Å². The van der Waals surface area contributed by atoms with E-state index < -0.39 is 0 Å². The van der Waals surface area contributed by atoms with Gasteiger partial charge in [-0.1, -0.05) is 23.4 Å². The third kappa shape index (κ3) is 4.52. The van der Waals surface area contributed by atoms with E-state index in [4.69, 9.17) is 9.26 Å². The van der Waals surface area contributed by atoms with E-state index in [9.17, 15) is 0 Å². The van der Waals surface area contributed by atoms with Crippen molar-refractivity contribution in [1.82, 2.24) is 19.9 Å². The van der Waals surface area contributed by atoms with Gasteiger partial charge in [0.15, 0.2) is 11.4 Å². The van der Waals surface area contributed by atoms with Crippen molar-refractivity contribution in [1.29, 1.82) is 0 Å². The molecular formula is C24H31N5O2. The number of ether oxygens (including phenoxy) is 1. The Labute approximate surface area is 183 Å². The van der Waals surface area contributed by atoms with Gasteiger partial charge in [0.05, 0.1) is 17.7 Å². The number of nitrogens with zero attached hydrogens (tertiary/aromatic N) is 5. The minimum absolute atomic E-state index is 0.551. The molecule has 5 rings (SSSR count). The fourth-order valence-corrected chi connectivity index (χ4v) is 4.84. The lowest BCUT2D eigenvalue weighted by Crippen LogP contribution is -2.57. The quantitative estimate of drug-likeness (QED) is 0.605. The van der Waals surface area contributed by atoms with Crippen LogP contribution >= 0.6 is 0 Å². The molecule has 7 nitrogen and oxygen atoms in total. The average molecular weight is 422 g/mol. The first-order valence-electron chi connectivity index (χ1n) is 11.2. The molecule has 4 heterocycles. The summed E-state index contributed by atoms with van der Waals surface area (Å²) in [5.41, 5.74) is 1.91. The van der Waals surface area contributed by atoms with Crippen molar-refractivity contribution in [3.05, 3.63) is 48.2 Å². The summed E-state index contributed by atoms with van der Waals surface area (Å²) in [6.07, 6.45) is 2.38. The van der Waals surface area contributed by atoms with E-state index in [1.807, 2.05) is 24.3 Å². The average Bonchev–Trinajstić information content (AvgIpc) is 3.21. The van der Waals surface area contributed by atoms with Crippen LogP contribution in [0.2, 0.25) is 0 Å². The fourth-order valence-electron chi connectivity index (χ4n) is 4.84. The smallest absolute Gasteiger partial charge is 0.213 e. The maximum absolute atomic E-state index is 6.09. The van der Waals surface area contributed by atoms with Gasteiger partial charge in [0.1, 0.15) is 0 Å². The Balaban J connectivity index is 1.16. The third-order valence-electron chi connectivity index (χ3n) is 6.39. The second-order valence-electron chi connectivity index (χ2n) is 9.06. The van der Waals surface area contributed by atoms with Gasteiger partial charge >= 0.3 is 0 Å². The third-order valence-corrected chi connectivity index (χ3v) is 6.39. The highest BCUT2D eigenvalue weighted by atomic mass is 16.5. The first-order valence-corrected chi connectivity index (χ1v) is 11.2. The van der Waals surface area contributed by atoms with E-state index in [2.05, 4.69) is 57.1 Å². The van der Waals surface area contributed by atoms with Gasteiger partial charge in [-0.2, -0.15) is 0 Å². The lowest BCUT2D eigenvalue weighted by atomic mass is 9.91. The zero-order valence-corrected chi connectivity index (χ0v) is 18.4. The lowest BCUT2D eigenvalue weighted by molar-refractivity contribution is 0.0716. The molecule has 164 valence electrons. The van der Waals surface area contributed by atoms with Crippen molar-refractivity contribution in [2.45, 2.75) is 25.4 Å². The van der Waals surface area contributed by atoms with E-state index in [0.717, 1.165) is 67.7 Å². The topological polar surface area (TPSA) is 57.9 Å². The number of fused-ring (bicyclic) bond motifs is 2.